The van der Waals surface area contributed by atoms with Crippen molar-refractivity contribution in [3.8, 4) is 0 Å². The monoisotopic (exact) mass is 323 g/mol. The SMILES string of the molecule is COC(=O)c1ccc(NC[C@H]2CCCN2C(=O)O)c([N+](=O)[O-])c1. The lowest BCUT2D eigenvalue weighted by Crippen LogP contribution is -2.38. The van der Waals surface area contributed by atoms with Crippen LogP contribution in [0.2, 0.25) is 0 Å². The quantitative estimate of drug-likeness (QED) is 0.482. The molecule has 2 rings (SSSR count). The number of amides is 1. The number of likely N-dealkylation sites (tertiary alicyclic amines) is 1. The Hall–Kier alpha value is -2.84. The van der Waals surface area contributed by atoms with Crippen LogP contribution >= 0.6 is 0 Å². The van der Waals surface area contributed by atoms with E-state index in [1.807, 2.05) is 0 Å². The molecule has 2 N–H and O–H groups in total. The lowest BCUT2D eigenvalue weighted by molar-refractivity contribution is -0.384. The second-order valence-electron chi connectivity index (χ2n) is 5.13. The average molecular weight is 323 g/mol. The van der Waals surface area contributed by atoms with Gasteiger partial charge in [-0.2, -0.15) is 0 Å². The smallest absolute Gasteiger partial charge is 0.407 e. The van der Waals surface area contributed by atoms with E-state index in [4.69, 9.17) is 5.11 Å². The van der Waals surface area contributed by atoms with E-state index in [1.165, 1.54) is 24.1 Å². The molecule has 1 amide bonds. The summed E-state index contributed by atoms with van der Waals surface area (Å²) in [5.74, 6) is -0.660. The topological polar surface area (TPSA) is 122 Å². The normalized spacial score (nSPS) is 16.9. The largest absolute Gasteiger partial charge is 0.465 e. The van der Waals surface area contributed by atoms with Gasteiger partial charge in [0.15, 0.2) is 0 Å². The number of methoxy groups -OCH3 is 1. The van der Waals surface area contributed by atoms with Crippen molar-refractivity contribution >= 4 is 23.4 Å². The number of esters is 1. The minimum atomic E-state index is -0.996. The minimum Gasteiger partial charge on any atom is -0.465 e. The third-order valence-corrected chi connectivity index (χ3v) is 3.77. The molecular weight excluding hydrogens is 306 g/mol. The first-order valence-electron chi connectivity index (χ1n) is 7.04. The molecule has 0 spiro atoms. The summed E-state index contributed by atoms with van der Waals surface area (Å²) in [5.41, 5.74) is 0.0606. The maximum Gasteiger partial charge on any atom is 0.407 e. The third kappa shape index (κ3) is 3.68. The van der Waals surface area contributed by atoms with Crippen molar-refractivity contribution in [3.05, 3.63) is 33.9 Å². The first-order valence-corrected chi connectivity index (χ1v) is 7.04. The highest BCUT2D eigenvalue weighted by Crippen LogP contribution is 2.27. The molecule has 0 aliphatic carbocycles. The number of nitrogens with one attached hydrogen (secondary N) is 1. The van der Waals surface area contributed by atoms with Crippen LogP contribution in [0.25, 0.3) is 0 Å². The Morgan fingerprint density at radius 1 is 1.52 bits per heavy atom. The highest BCUT2D eigenvalue weighted by Gasteiger charge is 2.28. The van der Waals surface area contributed by atoms with Gasteiger partial charge in [-0.25, -0.2) is 9.59 Å². The third-order valence-electron chi connectivity index (χ3n) is 3.77. The summed E-state index contributed by atoms with van der Waals surface area (Å²) >= 11 is 0. The summed E-state index contributed by atoms with van der Waals surface area (Å²) < 4.78 is 4.54. The summed E-state index contributed by atoms with van der Waals surface area (Å²) in [7, 11) is 1.20. The van der Waals surface area contributed by atoms with Gasteiger partial charge < -0.3 is 20.1 Å². The number of carboxylic acid groups (broad SMARTS) is 1. The van der Waals surface area contributed by atoms with E-state index < -0.39 is 17.0 Å². The second kappa shape index (κ2) is 6.95. The van der Waals surface area contributed by atoms with E-state index in [0.29, 0.717) is 13.0 Å². The Morgan fingerprint density at radius 3 is 2.87 bits per heavy atom. The molecule has 9 nitrogen and oxygen atoms in total. The van der Waals surface area contributed by atoms with E-state index in [9.17, 15) is 19.7 Å². The number of nitro groups is 1. The average Bonchev–Trinajstić information content (AvgIpc) is 3.00. The summed E-state index contributed by atoms with van der Waals surface area (Å²) in [5, 5.41) is 23.2. The summed E-state index contributed by atoms with van der Waals surface area (Å²) in [6.07, 6.45) is 0.472. The van der Waals surface area contributed by atoms with Gasteiger partial charge in [-0.05, 0) is 25.0 Å². The summed E-state index contributed by atoms with van der Waals surface area (Å²) in [6.45, 7) is 0.732. The van der Waals surface area contributed by atoms with Crippen molar-refractivity contribution in [3.63, 3.8) is 0 Å². The molecule has 1 heterocycles. The number of hydrogen-bond donors (Lipinski definition) is 2. The fraction of sp³-hybridized carbons (Fsp3) is 0.429. The van der Waals surface area contributed by atoms with Crippen LogP contribution < -0.4 is 5.32 Å². The molecule has 1 aromatic carbocycles. The first-order chi connectivity index (χ1) is 10.9. The van der Waals surface area contributed by atoms with Crippen molar-refractivity contribution in [2.45, 2.75) is 18.9 Å². The highest BCUT2D eigenvalue weighted by molar-refractivity contribution is 5.91. The molecule has 1 saturated heterocycles. The molecule has 1 aliphatic rings. The summed E-state index contributed by atoms with van der Waals surface area (Å²) in [6, 6.07) is 3.75. The molecule has 124 valence electrons. The lowest BCUT2D eigenvalue weighted by atomic mass is 10.1. The Balaban J connectivity index is 2.14. The Bertz CT molecular complexity index is 633. The fourth-order valence-corrected chi connectivity index (χ4v) is 2.60. The zero-order valence-electron chi connectivity index (χ0n) is 12.5. The van der Waals surface area contributed by atoms with Gasteiger partial charge in [-0.1, -0.05) is 0 Å². The highest BCUT2D eigenvalue weighted by atomic mass is 16.6. The zero-order chi connectivity index (χ0) is 17.0. The van der Waals surface area contributed by atoms with E-state index >= 15 is 0 Å². The van der Waals surface area contributed by atoms with E-state index in [2.05, 4.69) is 10.1 Å². The van der Waals surface area contributed by atoms with Crippen LogP contribution in [0.15, 0.2) is 18.2 Å². The number of carbonyl (C=O) groups is 2. The molecule has 1 atom stereocenters. The van der Waals surface area contributed by atoms with Crippen LogP contribution in [0, 0.1) is 10.1 Å². The standard InChI is InChI=1S/C14H17N3O6/c1-23-13(18)9-4-5-11(12(7-9)17(21)22)15-8-10-3-2-6-16(10)14(19)20/h4-5,7,10,15H,2-3,6,8H2,1H3,(H,19,20)/t10-/m1/s1. The molecular formula is C14H17N3O6. The van der Waals surface area contributed by atoms with Crippen LogP contribution in [-0.4, -0.2) is 53.2 Å². The number of hydrogen-bond acceptors (Lipinski definition) is 6. The predicted molar refractivity (Wildman–Crippen MR) is 80.7 cm³/mol. The van der Waals surface area contributed by atoms with Crippen molar-refractivity contribution < 1.29 is 24.4 Å². The van der Waals surface area contributed by atoms with Crippen LogP contribution in [0.1, 0.15) is 23.2 Å². The van der Waals surface area contributed by atoms with E-state index in [-0.39, 0.29) is 29.5 Å². The fourth-order valence-electron chi connectivity index (χ4n) is 2.60. The van der Waals surface area contributed by atoms with Crippen molar-refractivity contribution in [2.75, 3.05) is 25.5 Å². The van der Waals surface area contributed by atoms with Gasteiger partial charge in [-0.3, -0.25) is 10.1 Å². The molecule has 9 heteroatoms. The van der Waals surface area contributed by atoms with Gasteiger partial charge >= 0.3 is 12.1 Å². The van der Waals surface area contributed by atoms with Gasteiger partial charge in [0, 0.05) is 19.2 Å². The number of nitro benzene ring substituents is 1. The molecule has 0 radical (unpaired) electrons. The lowest BCUT2D eigenvalue weighted by Gasteiger charge is -2.22. The number of carbonyl (C=O) groups excluding carboxylic acids is 1. The number of anilines is 1. The number of benzene rings is 1. The molecule has 1 fully saturated rings. The molecule has 0 unspecified atom stereocenters. The first kappa shape index (κ1) is 16.5. The maximum atomic E-state index is 11.4. The van der Waals surface area contributed by atoms with Crippen molar-refractivity contribution in [1.29, 1.82) is 0 Å². The van der Waals surface area contributed by atoms with Gasteiger partial charge in [0.25, 0.3) is 5.69 Å². The second-order valence-corrected chi connectivity index (χ2v) is 5.13. The van der Waals surface area contributed by atoms with Gasteiger partial charge in [-0.15, -0.1) is 0 Å². The Labute approximate surface area is 132 Å². The molecule has 1 aromatic rings. The molecule has 0 aromatic heterocycles. The van der Waals surface area contributed by atoms with Gasteiger partial charge in [0.2, 0.25) is 0 Å². The minimum absolute atomic E-state index is 0.0813. The number of ether oxygens (including phenoxy) is 1. The molecule has 0 bridgehead atoms. The maximum absolute atomic E-state index is 11.4. The van der Waals surface area contributed by atoms with E-state index in [1.54, 1.807) is 0 Å². The zero-order valence-corrected chi connectivity index (χ0v) is 12.5. The van der Waals surface area contributed by atoms with Gasteiger partial charge in [0.1, 0.15) is 5.69 Å². The predicted octanol–water partition coefficient (Wildman–Crippen LogP) is 1.94. The van der Waals surface area contributed by atoms with E-state index in [0.717, 1.165) is 12.5 Å². The van der Waals surface area contributed by atoms with Gasteiger partial charge in [0.05, 0.1) is 23.6 Å². The Kier molecular flexibility index (Phi) is 4.99. The van der Waals surface area contributed by atoms with Crippen LogP contribution in [-0.2, 0) is 4.74 Å². The van der Waals surface area contributed by atoms with Crippen LogP contribution in [0.3, 0.4) is 0 Å². The number of rotatable bonds is 5. The summed E-state index contributed by atoms with van der Waals surface area (Å²) in [4.78, 5) is 34.4. The van der Waals surface area contributed by atoms with Crippen molar-refractivity contribution in [2.24, 2.45) is 0 Å². The molecule has 0 saturated carbocycles. The molecule has 1 aliphatic heterocycles. The Morgan fingerprint density at radius 2 is 2.26 bits per heavy atom. The van der Waals surface area contributed by atoms with Crippen LogP contribution in [0.5, 0.6) is 0 Å². The van der Waals surface area contributed by atoms with Crippen molar-refractivity contribution in [1.82, 2.24) is 4.90 Å². The van der Waals surface area contributed by atoms with Crippen LogP contribution in [0.4, 0.5) is 16.2 Å². The number of nitrogens with zero attached hydrogens (tertiary/aromatic N) is 2. The molecule has 23 heavy (non-hydrogen) atoms.